The maximum Gasteiger partial charge on any atom is 0.333 e. The van der Waals surface area contributed by atoms with E-state index in [1.807, 2.05) is 66.9 Å². The van der Waals surface area contributed by atoms with E-state index in [0.717, 1.165) is 33.0 Å². The summed E-state index contributed by atoms with van der Waals surface area (Å²) in [7, 11) is 1.58. The van der Waals surface area contributed by atoms with Crippen molar-refractivity contribution in [1.82, 2.24) is 24.1 Å². The van der Waals surface area contributed by atoms with Gasteiger partial charge in [0.2, 0.25) is 0 Å². The summed E-state index contributed by atoms with van der Waals surface area (Å²) in [5, 5.41) is 6.92. The number of hydrogen-bond acceptors (Lipinski definition) is 5. The number of pyridine rings is 1. The lowest BCUT2D eigenvalue weighted by Crippen LogP contribution is -2.33. The van der Waals surface area contributed by atoms with Crippen molar-refractivity contribution >= 4 is 38.9 Å². The summed E-state index contributed by atoms with van der Waals surface area (Å²) in [6.45, 7) is 0. The third-order valence-electron chi connectivity index (χ3n) is 7.08. The van der Waals surface area contributed by atoms with Crippen LogP contribution in [0, 0.1) is 0 Å². The molecule has 9 heteroatoms. The van der Waals surface area contributed by atoms with Crippen LogP contribution in [0.2, 0.25) is 5.02 Å². The molecular formula is C31H20ClN5O3. The predicted octanol–water partition coefficient (Wildman–Crippen LogP) is 5.87. The van der Waals surface area contributed by atoms with Crippen molar-refractivity contribution in [2.24, 2.45) is 0 Å². The fourth-order valence-electron chi connectivity index (χ4n) is 5.25. The van der Waals surface area contributed by atoms with Gasteiger partial charge in [0.05, 0.1) is 23.7 Å². The molecule has 0 spiro atoms. The molecular weight excluding hydrogens is 526 g/mol. The van der Waals surface area contributed by atoms with Crippen LogP contribution in [0.25, 0.3) is 55.3 Å². The van der Waals surface area contributed by atoms with Crippen LogP contribution < -0.4 is 16.0 Å². The Balaban J connectivity index is 1.42. The van der Waals surface area contributed by atoms with Gasteiger partial charge in [0.15, 0.2) is 11.4 Å². The van der Waals surface area contributed by atoms with Crippen LogP contribution in [-0.2, 0) is 0 Å². The van der Waals surface area contributed by atoms with Gasteiger partial charge in [0.1, 0.15) is 6.33 Å². The molecule has 3 aromatic heterocycles. The van der Waals surface area contributed by atoms with Crippen LogP contribution in [0.3, 0.4) is 0 Å². The number of ether oxygens (including phenoxy) is 1. The van der Waals surface area contributed by atoms with E-state index in [0.29, 0.717) is 33.0 Å². The first-order chi connectivity index (χ1) is 19.5. The largest absolute Gasteiger partial charge is 0.493 e. The number of nitrogens with one attached hydrogen (secondary N) is 1. The summed E-state index contributed by atoms with van der Waals surface area (Å²) < 4.78 is 8.38. The summed E-state index contributed by atoms with van der Waals surface area (Å²) in [6, 6.07) is 26.0. The number of rotatable bonds is 4. The van der Waals surface area contributed by atoms with E-state index in [1.165, 1.54) is 10.9 Å². The van der Waals surface area contributed by atoms with Crippen molar-refractivity contribution in [1.29, 1.82) is 0 Å². The van der Waals surface area contributed by atoms with Crippen LogP contribution in [0.5, 0.6) is 5.75 Å². The molecule has 0 unspecified atom stereocenters. The van der Waals surface area contributed by atoms with Gasteiger partial charge in [-0.05, 0) is 46.8 Å². The zero-order chi connectivity index (χ0) is 27.4. The van der Waals surface area contributed by atoms with Gasteiger partial charge in [0.25, 0.3) is 5.56 Å². The molecule has 3 heterocycles. The zero-order valence-electron chi connectivity index (χ0n) is 21.1. The maximum absolute atomic E-state index is 13.7. The van der Waals surface area contributed by atoms with Gasteiger partial charge in [0, 0.05) is 27.7 Å². The van der Waals surface area contributed by atoms with Crippen LogP contribution >= 0.6 is 11.6 Å². The first kappa shape index (κ1) is 23.9. The molecule has 0 fully saturated rings. The Hall–Kier alpha value is -5.21. The monoisotopic (exact) mass is 545 g/mol. The number of nitrogens with zero attached hydrogens (tertiary/aromatic N) is 4. The fraction of sp³-hybridized carbons (Fsp3) is 0.0323. The van der Waals surface area contributed by atoms with E-state index >= 15 is 0 Å². The van der Waals surface area contributed by atoms with E-state index in [9.17, 15) is 9.59 Å². The van der Waals surface area contributed by atoms with Crippen molar-refractivity contribution < 1.29 is 4.74 Å². The lowest BCUT2D eigenvalue weighted by atomic mass is 9.94. The average Bonchev–Trinajstić information content (AvgIpc) is 3.45. The predicted molar refractivity (Wildman–Crippen MR) is 157 cm³/mol. The van der Waals surface area contributed by atoms with Gasteiger partial charge in [-0.25, -0.2) is 18.9 Å². The maximum atomic E-state index is 13.7. The first-order valence-electron chi connectivity index (χ1n) is 12.5. The lowest BCUT2D eigenvalue weighted by Gasteiger charge is -2.15. The number of H-pyrrole nitrogens is 1. The topological polar surface area (TPSA) is 94.3 Å². The second kappa shape index (κ2) is 9.21. The smallest absolute Gasteiger partial charge is 0.333 e. The van der Waals surface area contributed by atoms with Gasteiger partial charge in [-0.15, -0.1) is 0 Å². The molecule has 0 radical (unpaired) electrons. The second-order valence-electron chi connectivity index (χ2n) is 9.32. The number of halogens is 1. The van der Waals surface area contributed by atoms with Crippen LogP contribution in [0.1, 0.15) is 0 Å². The molecule has 0 aliphatic rings. The zero-order valence-corrected chi connectivity index (χ0v) is 21.9. The highest BCUT2D eigenvalue weighted by Crippen LogP contribution is 2.39. The van der Waals surface area contributed by atoms with Gasteiger partial charge >= 0.3 is 5.69 Å². The summed E-state index contributed by atoms with van der Waals surface area (Å²) in [5.41, 5.74) is 3.74. The number of benzene rings is 4. The Bertz CT molecular complexity index is 2230. The van der Waals surface area contributed by atoms with E-state index in [2.05, 4.69) is 15.1 Å². The molecule has 0 aliphatic carbocycles. The number of aromatic nitrogens is 5. The third kappa shape index (κ3) is 3.69. The SMILES string of the molecule is COc1cc(-c2cccc(Cl)c2-c2ccc3c(=O)n(-c4cccc5ccccc45)c(=O)[nH]c3c2)cn2ncnc12. The number of aromatic amines is 1. The standard InChI is InChI=1S/C31H20ClN5O3/c1-40-27-15-20(16-36-29(27)33-17-34-36)22-9-5-10-24(32)28(22)19-12-13-23-25(14-19)35-31(39)37(30(23)38)26-11-4-7-18-6-2-3-8-21(18)26/h2-17H,1H3,(H,35,39). The Morgan fingerprint density at radius 1 is 0.875 bits per heavy atom. The summed E-state index contributed by atoms with van der Waals surface area (Å²) in [4.78, 5) is 34.1. The highest BCUT2D eigenvalue weighted by atomic mass is 35.5. The third-order valence-corrected chi connectivity index (χ3v) is 7.39. The minimum atomic E-state index is -0.522. The minimum Gasteiger partial charge on any atom is -0.493 e. The number of fused-ring (bicyclic) bond motifs is 3. The van der Waals surface area contributed by atoms with E-state index < -0.39 is 11.2 Å². The highest BCUT2D eigenvalue weighted by Gasteiger charge is 2.17. The van der Waals surface area contributed by atoms with E-state index in [-0.39, 0.29) is 0 Å². The van der Waals surface area contributed by atoms with Gasteiger partial charge in [-0.2, -0.15) is 5.10 Å². The molecule has 194 valence electrons. The molecule has 0 aliphatic heterocycles. The Kier molecular flexibility index (Phi) is 5.50. The van der Waals surface area contributed by atoms with E-state index in [1.54, 1.807) is 35.9 Å². The van der Waals surface area contributed by atoms with Gasteiger partial charge < -0.3 is 9.72 Å². The molecule has 4 aromatic carbocycles. The molecule has 0 atom stereocenters. The van der Waals surface area contributed by atoms with Crippen molar-refractivity contribution in [3.8, 4) is 33.7 Å². The second-order valence-corrected chi connectivity index (χ2v) is 9.72. The normalized spacial score (nSPS) is 11.4. The van der Waals surface area contributed by atoms with Crippen molar-refractivity contribution in [2.75, 3.05) is 7.11 Å². The van der Waals surface area contributed by atoms with E-state index in [4.69, 9.17) is 16.3 Å². The summed E-state index contributed by atoms with van der Waals surface area (Å²) in [6.07, 6.45) is 3.32. The quantitative estimate of drug-likeness (QED) is 0.298. The Labute approximate surface area is 231 Å². The average molecular weight is 546 g/mol. The first-order valence-corrected chi connectivity index (χ1v) is 12.8. The number of methoxy groups -OCH3 is 1. The van der Waals surface area contributed by atoms with Crippen molar-refractivity contribution in [3.05, 3.63) is 123 Å². The lowest BCUT2D eigenvalue weighted by molar-refractivity contribution is 0.417. The molecule has 1 N–H and O–H groups in total. The molecule has 0 bridgehead atoms. The van der Waals surface area contributed by atoms with Crippen molar-refractivity contribution in [2.45, 2.75) is 0 Å². The molecule has 40 heavy (non-hydrogen) atoms. The Morgan fingerprint density at radius 2 is 1.70 bits per heavy atom. The van der Waals surface area contributed by atoms with Crippen LogP contribution in [0.15, 0.2) is 107 Å². The molecule has 0 amide bonds. The Morgan fingerprint density at radius 3 is 2.58 bits per heavy atom. The van der Waals surface area contributed by atoms with Crippen molar-refractivity contribution in [3.63, 3.8) is 0 Å². The van der Waals surface area contributed by atoms with Gasteiger partial charge in [-0.3, -0.25) is 4.79 Å². The fourth-order valence-corrected chi connectivity index (χ4v) is 5.53. The molecule has 7 aromatic rings. The summed E-state index contributed by atoms with van der Waals surface area (Å²) in [5.74, 6) is 0.567. The van der Waals surface area contributed by atoms with Crippen LogP contribution in [0.4, 0.5) is 0 Å². The molecule has 0 saturated carbocycles. The molecule has 7 rings (SSSR count). The molecule has 0 saturated heterocycles. The minimum absolute atomic E-state index is 0.385. The molecule has 8 nitrogen and oxygen atoms in total. The van der Waals surface area contributed by atoms with Gasteiger partial charge in [-0.1, -0.05) is 66.2 Å². The highest BCUT2D eigenvalue weighted by molar-refractivity contribution is 6.34. The van der Waals surface area contributed by atoms with Crippen LogP contribution in [-0.4, -0.2) is 31.3 Å². The summed E-state index contributed by atoms with van der Waals surface area (Å²) >= 11 is 6.76. The number of hydrogen-bond donors (Lipinski definition) is 1.